The zero-order valence-corrected chi connectivity index (χ0v) is 22.6. The first-order chi connectivity index (χ1) is 16.2. The highest BCUT2D eigenvalue weighted by Gasteiger charge is 2.36. The number of aliphatic hydroxyl groups is 1. The largest absolute Gasteiger partial charge is 0.391 e. The number of nitrogens with zero attached hydrogens (tertiary/aromatic N) is 1. The smallest absolute Gasteiger partial charge is 0.227 e. The lowest BCUT2D eigenvalue weighted by atomic mass is 9.79. The summed E-state index contributed by atoms with van der Waals surface area (Å²) in [4.78, 5) is 27.2. The van der Waals surface area contributed by atoms with Gasteiger partial charge in [0.1, 0.15) is 0 Å². The molecule has 4 N–H and O–H groups in total. The highest BCUT2D eigenvalue weighted by molar-refractivity contribution is 7.91. The van der Waals surface area contributed by atoms with E-state index in [1.807, 2.05) is 38.1 Å². The number of rotatable bonds is 12. The Morgan fingerprint density at radius 2 is 1.94 bits per heavy atom. The van der Waals surface area contributed by atoms with Crippen molar-refractivity contribution in [3.8, 4) is 0 Å². The first-order valence-corrected chi connectivity index (χ1v) is 14.5. The second kappa shape index (κ2) is 12.3. The molecule has 1 aromatic rings. The Morgan fingerprint density at radius 1 is 1.29 bits per heavy atom. The van der Waals surface area contributed by atoms with Crippen LogP contribution in [0.15, 0.2) is 24.3 Å². The molecule has 2 amide bonds. The van der Waals surface area contributed by atoms with Gasteiger partial charge in [0.05, 0.1) is 11.4 Å². The molecular weight excluding hydrogens is 466 g/mol. The van der Waals surface area contributed by atoms with Crippen LogP contribution in [0.25, 0.3) is 0 Å². The summed E-state index contributed by atoms with van der Waals surface area (Å²) in [6, 6.07) is 6.81. The number of nitrogens with one attached hydrogen (secondary N) is 1. The van der Waals surface area contributed by atoms with Gasteiger partial charge in [-0.2, -0.15) is 0 Å². The Hall–Kier alpha value is -1.97. The van der Waals surface area contributed by atoms with Crippen LogP contribution in [-0.2, 0) is 25.8 Å². The molecule has 1 unspecified atom stereocenters. The number of carbonyl (C=O) groups is 2. The van der Waals surface area contributed by atoms with E-state index in [1.54, 1.807) is 11.8 Å². The van der Waals surface area contributed by atoms with Gasteiger partial charge < -0.3 is 21.1 Å². The fourth-order valence-corrected chi connectivity index (χ4v) is 5.54. The van der Waals surface area contributed by atoms with E-state index in [-0.39, 0.29) is 37.1 Å². The average molecular weight is 510 g/mol. The Kier molecular flexibility index (Phi) is 10.3. The molecule has 2 rings (SSSR count). The number of fused-ring (bicyclic) bond motifs is 1. The molecule has 0 saturated carbocycles. The molecule has 4 atom stereocenters. The third-order valence-electron chi connectivity index (χ3n) is 6.81. The van der Waals surface area contributed by atoms with Gasteiger partial charge in [-0.3, -0.25) is 9.59 Å². The van der Waals surface area contributed by atoms with Crippen LogP contribution < -0.4 is 16.0 Å². The molecule has 0 saturated heterocycles. The molecule has 0 fully saturated rings. The minimum Gasteiger partial charge on any atom is -0.391 e. The fraction of sp³-hybridized carbons (Fsp3) is 0.692. The summed E-state index contributed by atoms with van der Waals surface area (Å²) < 4.78 is 24.5. The quantitative estimate of drug-likeness (QED) is 0.371. The molecule has 1 heterocycles. The van der Waals surface area contributed by atoms with Gasteiger partial charge in [-0.1, -0.05) is 52.3 Å². The zero-order valence-electron chi connectivity index (χ0n) is 21.8. The number of benzene rings is 1. The third-order valence-corrected chi connectivity index (χ3v) is 8.33. The van der Waals surface area contributed by atoms with Crippen LogP contribution >= 0.6 is 0 Å². The number of unbranched alkanes of at least 4 members (excludes halogenated alkanes) is 1. The Labute approximate surface area is 210 Å². The summed E-state index contributed by atoms with van der Waals surface area (Å²) in [6.07, 6.45) is 3.43. The summed E-state index contributed by atoms with van der Waals surface area (Å²) in [6.45, 7) is 8.42. The van der Waals surface area contributed by atoms with Gasteiger partial charge in [-0.15, -0.1) is 0 Å². The standard InChI is InChI=1S/C26H43N3O5S/c1-6-7-12-28-25(32)18(2)13-23(30)21(27)15-26(3,4)16-24(31)29-17-20(35(5,33)34)14-19-10-8-9-11-22(19)29/h8-11,18,20-21,23,30H,6-7,12-17,27H2,1-5H3,(H,28,32)/t18-,20?,21+,23+/m1/s1. The number of hydrogen-bond donors (Lipinski definition) is 3. The Balaban J connectivity index is 2.01. The van der Waals surface area contributed by atoms with E-state index in [4.69, 9.17) is 5.73 Å². The highest BCUT2D eigenvalue weighted by atomic mass is 32.2. The van der Waals surface area contributed by atoms with Crippen molar-refractivity contribution in [1.82, 2.24) is 5.32 Å². The van der Waals surface area contributed by atoms with Gasteiger partial charge in [0.15, 0.2) is 9.84 Å². The van der Waals surface area contributed by atoms with Crippen molar-refractivity contribution in [3.63, 3.8) is 0 Å². The molecule has 198 valence electrons. The van der Waals surface area contributed by atoms with Gasteiger partial charge in [-0.05, 0) is 42.7 Å². The summed E-state index contributed by atoms with van der Waals surface area (Å²) in [5, 5.41) is 12.9. The second-order valence-electron chi connectivity index (χ2n) is 10.8. The topological polar surface area (TPSA) is 130 Å². The van der Waals surface area contributed by atoms with Crippen LogP contribution in [0.3, 0.4) is 0 Å². The molecule has 1 aliphatic heterocycles. The molecule has 0 bridgehead atoms. The van der Waals surface area contributed by atoms with Crippen molar-refractivity contribution >= 4 is 27.3 Å². The second-order valence-corrected chi connectivity index (χ2v) is 13.2. The number of hydrogen-bond acceptors (Lipinski definition) is 6. The maximum Gasteiger partial charge on any atom is 0.227 e. The minimum atomic E-state index is -3.31. The molecule has 8 nitrogen and oxygen atoms in total. The summed E-state index contributed by atoms with van der Waals surface area (Å²) in [5.74, 6) is -0.625. The number of aliphatic hydroxyl groups excluding tert-OH is 1. The van der Waals surface area contributed by atoms with Crippen LogP contribution in [0, 0.1) is 11.3 Å². The fourth-order valence-electron chi connectivity index (χ4n) is 4.64. The van der Waals surface area contributed by atoms with E-state index < -0.39 is 32.6 Å². The van der Waals surface area contributed by atoms with Crippen molar-refractivity contribution < 1.29 is 23.1 Å². The number of anilines is 1. The first kappa shape index (κ1) is 29.3. The molecule has 0 aromatic heterocycles. The molecule has 1 aliphatic rings. The summed E-state index contributed by atoms with van der Waals surface area (Å²) in [5.41, 5.74) is 7.36. The molecular formula is C26H43N3O5S. The van der Waals surface area contributed by atoms with Crippen LogP contribution in [0.5, 0.6) is 0 Å². The highest BCUT2D eigenvalue weighted by Crippen LogP contribution is 2.34. The van der Waals surface area contributed by atoms with Gasteiger partial charge in [0.2, 0.25) is 11.8 Å². The van der Waals surface area contributed by atoms with Crippen molar-refractivity contribution in [1.29, 1.82) is 0 Å². The van der Waals surface area contributed by atoms with E-state index in [1.165, 1.54) is 6.26 Å². The maximum absolute atomic E-state index is 13.4. The zero-order chi connectivity index (χ0) is 26.4. The van der Waals surface area contributed by atoms with Crippen molar-refractivity contribution in [3.05, 3.63) is 29.8 Å². The SMILES string of the molecule is CCCCNC(=O)[C@H](C)C[C@H](O)[C@@H](N)CC(C)(C)CC(=O)N1CC(S(C)(=O)=O)Cc2ccccc21. The van der Waals surface area contributed by atoms with Crippen LogP contribution in [0.4, 0.5) is 5.69 Å². The minimum absolute atomic E-state index is 0.0941. The van der Waals surface area contributed by atoms with E-state index in [2.05, 4.69) is 12.2 Å². The van der Waals surface area contributed by atoms with Crippen LogP contribution in [0.1, 0.15) is 65.4 Å². The van der Waals surface area contributed by atoms with E-state index >= 15 is 0 Å². The molecule has 9 heteroatoms. The van der Waals surface area contributed by atoms with Gasteiger partial charge in [0.25, 0.3) is 0 Å². The first-order valence-electron chi connectivity index (χ1n) is 12.5. The van der Waals surface area contributed by atoms with Crippen molar-refractivity contribution in [2.45, 2.75) is 83.6 Å². The number of sulfone groups is 1. The molecule has 1 aromatic carbocycles. The van der Waals surface area contributed by atoms with E-state index in [0.29, 0.717) is 19.4 Å². The lowest BCUT2D eigenvalue weighted by molar-refractivity contribution is -0.125. The molecule has 35 heavy (non-hydrogen) atoms. The maximum atomic E-state index is 13.4. The number of nitrogens with two attached hydrogens (primary N) is 1. The summed E-state index contributed by atoms with van der Waals surface area (Å²) >= 11 is 0. The number of para-hydroxylation sites is 1. The van der Waals surface area contributed by atoms with Crippen LogP contribution in [-0.4, -0.2) is 62.1 Å². The third kappa shape index (κ3) is 8.58. The van der Waals surface area contributed by atoms with Crippen molar-refractivity contribution in [2.75, 3.05) is 24.2 Å². The average Bonchev–Trinajstić information content (AvgIpc) is 2.76. The van der Waals surface area contributed by atoms with E-state index in [9.17, 15) is 23.1 Å². The van der Waals surface area contributed by atoms with Gasteiger partial charge >= 0.3 is 0 Å². The predicted octanol–water partition coefficient (Wildman–Crippen LogP) is 2.43. The lowest BCUT2D eigenvalue weighted by Crippen LogP contribution is -2.47. The van der Waals surface area contributed by atoms with E-state index in [0.717, 1.165) is 24.1 Å². The molecule has 0 spiro atoms. The number of amides is 2. The predicted molar refractivity (Wildman–Crippen MR) is 140 cm³/mol. The van der Waals surface area contributed by atoms with Crippen LogP contribution in [0.2, 0.25) is 0 Å². The summed E-state index contributed by atoms with van der Waals surface area (Å²) in [7, 11) is -3.31. The van der Waals surface area contributed by atoms with Crippen molar-refractivity contribution in [2.24, 2.45) is 17.1 Å². The monoisotopic (exact) mass is 509 g/mol. The Bertz CT molecular complexity index is 979. The normalized spacial score (nSPS) is 18.9. The molecule has 0 radical (unpaired) electrons. The Morgan fingerprint density at radius 3 is 2.57 bits per heavy atom. The van der Waals surface area contributed by atoms with Gasteiger partial charge in [-0.25, -0.2) is 8.42 Å². The molecule has 0 aliphatic carbocycles. The number of carbonyl (C=O) groups excluding carboxylic acids is 2. The van der Waals surface area contributed by atoms with Gasteiger partial charge in [0, 0.05) is 43.4 Å². The lowest BCUT2D eigenvalue weighted by Gasteiger charge is -2.37.